The van der Waals surface area contributed by atoms with E-state index in [1.165, 1.54) is 19.3 Å². The number of amides is 1. The van der Waals surface area contributed by atoms with Crippen molar-refractivity contribution in [1.29, 1.82) is 0 Å². The zero-order valence-corrected chi connectivity index (χ0v) is 13.0. The van der Waals surface area contributed by atoms with E-state index in [1.807, 2.05) is 12.1 Å². The molecule has 3 aliphatic carbocycles. The van der Waals surface area contributed by atoms with Crippen LogP contribution in [0.5, 0.6) is 0 Å². The molecule has 1 aromatic carbocycles. The third-order valence-corrected chi connectivity index (χ3v) is 5.70. The Morgan fingerprint density at radius 3 is 2.71 bits per heavy atom. The van der Waals surface area contributed by atoms with Gasteiger partial charge in [0.1, 0.15) is 5.69 Å². The first-order valence-corrected chi connectivity index (χ1v) is 8.15. The van der Waals surface area contributed by atoms with Gasteiger partial charge in [0.2, 0.25) is 0 Å². The minimum atomic E-state index is -0.123. The molecule has 0 radical (unpaired) electrons. The lowest BCUT2D eigenvalue weighted by Gasteiger charge is -2.46. The summed E-state index contributed by atoms with van der Waals surface area (Å²) in [7, 11) is 0. The number of hydrogen-bond donors (Lipinski definition) is 2. The molecular weight excluding hydrogens is 307 g/mol. The van der Waals surface area contributed by atoms with Gasteiger partial charge in [-0.25, -0.2) is 0 Å². The molecule has 21 heavy (non-hydrogen) atoms. The Morgan fingerprint density at radius 2 is 2.05 bits per heavy atom. The predicted octanol–water partition coefficient (Wildman–Crippen LogP) is 4.39. The Balaban J connectivity index is 1.62. The quantitative estimate of drug-likeness (QED) is 0.846. The standard InChI is InChI=1S/C16H16Cl2N2O/c17-11-3-1-2-10-13(18)15(20-14(10)11)16(21)19-12-5-4-8-6-9(12)7-8/h1-3,8-9,12,20H,4-7H2,(H,19,21)/t8?,9?,12-/m1/s1. The zero-order chi connectivity index (χ0) is 14.6. The summed E-state index contributed by atoms with van der Waals surface area (Å²) in [6, 6.07) is 5.78. The second-order valence-corrected chi connectivity index (χ2v) is 7.02. The highest BCUT2D eigenvalue weighted by atomic mass is 35.5. The number of carbonyl (C=O) groups is 1. The Morgan fingerprint density at radius 1 is 1.24 bits per heavy atom. The van der Waals surface area contributed by atoms with Crippen LogP contribution < -0.4 is 5.32 Å². The monoisotopic (exact) mass is 322 g/mol. The maximum atomic E-state index is 12.5. The van der Waals surface area contributed by atoms with Gasteiger partial charge < -0.3 is 10.3 Å². The van der Waals surface area contributed by atoms with E-state index in [0.717, 1.165) is 23.2 Å². The van der Waals surface area contributed by atoms with Crippen LogP contribution in [-0.4, -0.2) is 16.9 Å². The van der Waals surface area contributed by atoms with Crippen LogP contribution in [0.3, 0.4) is 0 Å². The molecule has 0 spiro atoms. The van der Waals surface area contributed by atoms with Crippen molar-refractivity contribution in [3.8, 4) is 0 Å². The van der Waals surface area contributed by atoms with Gasteiger partial charge in [-0.15, -0.1) is 0 Å². The van der Waals surface area contributed by atoms with Gasteiger partial charge in [0.05, 0.1) is 15.6 Å². The highest BCUT2D eigenvalue weighted by Crippen LogP contribution is 2.45. The average Bonchev–Trinajstić information content (AvgIpc) is 2.77. The number of hydrogen-bond acceptors (Lipinski definition) is 1. The molecule has 1 atom stereocenters. The number of benzene rings is 1. The highest BCUT2D eigenvalue weighted by molar-refractivity contribution is 6.41. The summed E-state index contributed by atoms with van der Waals surface area (Å²) in [6.07, 6.45) is 4.84. The van der Waals surface area contributed by atoms with Gasteiger partial charge in [-0.2, -0.15) is 0 Å². The molecule has 5 heteroatoms. The number of H-pyrrole nitrogens is 1. The molecule has 1 aromatic heterocycles. The molecule has 1 amide bonds. The van der Waals surface area contributed by atoms with E-state index in [9.17, 15) is 4.79 Å². The van der Waals surface area contributed by atoms with Gasteiger partial charge in [0, 0.05) is 11.4 Å². The number of para-hydroxylation sites is 1. The maximum absolute atomic E-state index is 12.5. The van der Waals surface area contributed by atoms with Crippen molar-refractivity contribution in [2.75, 3.05) is 0 Å². The van der Waals surface area contributed by atoms with Gasteiger partial charge in [-0.3, -0.25) is 4.79 Å². The van der Waals surface area contributed by atoms with Crippen molar-refractivity contribution in [2.45, 2.75) is 31.7 Å². The van der Waals surface area contributed by atoms with Crippen LogP contribution in [0.15, 0.2) is 18.2 Å². The molecule has 2 aromatic rings. The van der Waals surface area contributed by atoms with Crippen LogP contribution in [0.25, 0.3) is 10.9 Å². The summed E-state index contributed by atoms with van der Waals surface area (Å²) in [5.74, 6) is 1.43. The average molecular weight is 323 g/mol. The van der Waals surface area contributed by atoms with Gasteiger partial charge in [0.25, 0.3) is 5.91 Å². The lowest BCUT2D eigenvalue weighted by atomic mass is 9.63. The Hall–Kier alpha value is -1.19. The van der Waals surface area contributed by atoms with Crippen LogP contribution >= 0.6 is 23.2 Å². The van der Waals surface area contributed by atoms with Crippen molar-refractivity contribution in [1.82, 2.24) is 10.3 Å². The molecule has 3 aliphatic rings. The first-order valence-electron chi connectivity index (χ1n) is 7.40. The molecule has 2 N–H and O–H groups in total. The number of aromatic nitrogens is 1. The number of fused-ring (bicyclic) bond motifs is 3. The summed E-state index contributed by atoms with van der Waals surface area (Å²) in [5, 5.41) is 4.97. The molecule has 3 saturated carbocycles. The fourth-order valence-electron chi connectivity index (χ4n) is 3.74. The summed E-state index contributed by atoms with van der Waals surface area (Å²) >= 11 is 12.5. The van der Waals surface area contributed by atoms with E-state index in [4.69, 9.17) is 23.2 Å². The van der Waals surface area contributed by atoms with E-state index in [-0.39, 0.29) is 5.91 Å². The maximum Gasteiger partial charge on any atom is 0.269 e. The van der Waals surface area contributed by atoms with Gasteiger partial charge in [-0.1, -0.05) is 35.3 Å². The van der Waals surface area contributed by atoms with Gasteiger partial charge in [-0.05, 0) is 43.6 Å². The fraction of sp³-hybridized carbons (Fsp3) is 0.438. The summed E-state index contributed by atoms with van der Waals surface area (Å²) in [4.78, 5) is 15.6. The molecule has 3 nitrogen and oxygen atoms in total. The largest absolute Gasteiger partial charge is 0.348 e. The third-order valence-electron chi connectivity index (χ3n) is 4.99. The van der Waals surface area contributed by atoms with Crippen LogP contribution in [0.2, 0.25) is 10.0 Å². The highest BCUT2D eigenvalue weighted by Gasteiger charge is 2.40. The number of carbonyl (C=O) groups excluding carboxylic acids is 1. The van der Waals surface area contributed by atoms with Crippen molar-refractivity contribution in [3.63, 3.8) is 0 Å². The second kappa shape index (κ2) is 4.92. The van der Waals surface area contributed by atoms with Crippen LogP contribution in [0.1, 0.15) is 36.2 Å². The van der Waals surface area contributed by atoms with E-state index in [2.05, 4.69) is 10.3 Å². The van der Waals surface area contributed by atoms with Crippen molar-refractivity contribution in [3.05, 3.63) is 33.9 Å². The van der Waals surface area contributed by atoms with Crippen molar-refractivity contribution >= 4 is 40.0 Å². The number of rotatable bonds is 2. The number of halogens is 2. The Kier molecular flexibility index (Phi) is 3.16. The first-order chi connectivity index (χ1) is 10.1. The van der Waals surface area contributed by atoms with Crippen LogP contribution in [-0.2, 0) is 0 Å². The fourth-order valence-corrected chi connectivity index (χ4v) is 4.25. The second-order valence-electron chi connectivity index (χ2n) is 6.23. The predicted molar refractivity (Wildman–Crippen MR) is 85.0 cm³/mol. The molecule has 0 aliphatic heterocycles. The molecule has 3 fully saturated rings. The lowest BCUT2D eigenvalue weighted by molar-refractivity contribution is 0.0615. The van der Waals surface area contributed by atoms with Crippen LogP contribution in [0, 0.1) is 11.8 Å². The molecule has 5 rings (SSSR count). The molecule has 0 saturated heterocycles. The molecule has 1 heterocycles. The third kappa shape index (κ3) is 2.14. The van der Waals surface area contributed by atoms with Gasteiger partial charge in [0.15, 0.2) is 0 Å². The van der Waals surface area contributed by atoms with Gasteiger partial charge >= 0.3 is 0 Å². The van der Waals surface area contributed by atoms with Crippen LogP contribution in [0.4, 0.5) is 0 Å². The molecule has 110 valence electrons. The minimum absolute atomic E-state index is 0.123. The molecule has 0 unspecified atom stereocenters. The summed E-state index contributed by atoms with van der Waals surface area (Å²) in [5.41, 5.74) is 1.14. The first kappa shape index (κ1) is 13.5. The number of aromatic amines is 1. The minimum Gasteiger partial charge on any atom is -0.348 e. The normalized spacial score (nSPS) is 27.4. The van der Waals surface area contributed by atoms with E-state index in [1.54, 1.807) is 6.07 Å². The van der Waals surface area contributed by atoms with Crippen molar-refractivity contribution in [2.24, 2.45) is 11.8 Å². The van der Waals surface area contributed by atoms with E-state index >= 15 is 0 Å². The smallest absolute Gasteiger partial charge is 0.269 e. The summed E-state index contributed by atoms with van der Waals surface area (Å²) < 4.78 is 0. The van der Waals surface area contributed by atoms with Crippen molar-refractivity contribution < 1.29 is 4.79 Å². The topological polar surface area (TPSA) is 44.9 Å². The molecule has 2 bridgehead atoms. The summed E-state index contributed by atoms with van der Waals surface area (Å²) in [6.45, 7) is 0. The van der Waals surface area contributed by atoms with E-state index in [0.29, 0.717) is 27.7 Å². The SMILES string of the molecule is O=C(N[C@@H]1CCC2CC1C2)c1[nH]c2c(Cl)cccc2c1Cl. The zero-order valence-electron chi connectivity index (χ0n) is 11.5. The number of nitrogens with one attached hydrogen (secondary N) is 2. The lowest BCUT2D eigenvalue weighted by Crippen LogP contribution is -2.49. The Labute approximate surface area is 133 Å². The Bertz CT molecular complexity index is 716. The van der Waals surface area contributed by atoms with E-state index < -0.39 is 0 Å². The molecular formula is C16H16Cl2N2O.